The topological polar surface area (TPSA) is 48.5 Å². The van der Waals surface area contributed by atoms with Crippen LogP contribution in [0.1, 0.15) is 32.4 Å². The molecule has 0 bridgehead atoms. The van der Waals surface area contributed by atoms with E-state index in [-0.39, 0.29) is 12.1 Å². The van der Waals surface area contributed by atoms with E-state index in [9.17, 15) is 4.79 Å². The minimum atomic E-state index is -0.00223. The van der Waals surface area contributed by atoms with Crippen LogP contribution in [0.4, 0.5) is 9.93 Å². The zero-order valence-electron chi connectivity index (χ0n) is 15.5. The van der Waals surface area contributed by atoms with Gasteiger partial charge in [-0.1, -0.05) is 26.0 Å². The maximum absolute atomic E-state index is 12.6. The van der Waals surface area contributed by atoms with Gasteiger partial charge in [-0.2, -0.15) is 0 Å². The average molecular weight is 391 g/mol. The summed E-state index contributed by atoms with van der Waals surface area (Å²) in [5, 5.41) is 6.72. The van der Waals surface area contributed by atoms with Crippen LogP contribution in [0.3, 0.4) is 0 Å². The molecular formula is C19H26N4OS2. The highest BCUT2D eigenvalue weighted by atomic mass is 32.2. The lowest BCUT2D eigenvalue weighted by Gasteiger charge is -2.35. The number of nitrogens with zero attached hydrogens (tertiary/aromatic N) is 3. The Labute approximate surface area is 163 Å². The molecule has 0 spiro atoms. The molecule has 0 saturated carbocycles. The Morgan fingerprint density at radius 2 is 1.85 bits per heavy atom. The molecule has 1 atom stereocenters. The standard InChI is InChI=1S/C19H26N4OS2/c1-14(2)26-17-6-4-16(5-7-17)15(3)21-18(24)22-9-11-23(12-10-22)19-20-8-13-25-19/h4-8,13-15H,9-12H2,1-3H3,(H,21,24). The van der Waals surface area contributed by atoms with E-state index in [1.54, 1.807) is 11.3 Å². The molecule has 140 valence electrons. The minimum absolute atomic E-state index is 0.00223. The van der Waals surface area contributed by atoms with Gasteiger partial charge < -0.3 is 15.1 Å². The van der Waals surface area contributed by atoms with Crippen molar-refractivity contribution in [3.05, 3.63) is 41.4 Å². The molecule has 5 nitrogen and oxygen atoms in total. The molecular weight excluding hydrogens is 364 g/mol. The molecule has 2 amide bonds. The Hall–Kier alpha value is -1.73. The van der Waals surface area contributed by atoms with E-state index in [0.717, 1.165) is 36.9 Å². The number of hydrogen-bond acceptors (Lipinski definition) is 5. The molecule has 1 aromatic carbocycles. The number of piperazine rings is 1. The van der Waals surface area contributed by atoms with Gasteiger partial charge in [-0.05, 0) is 24.6 Å². The summed E-state index contributed by atoms with van der Waals surface area (Å²) in [4.78, 5) is 22.3. The molecule has 3 rings (SSSR count). The van der Waals surface area contributed by atoms with Crippen LogP contribution in [0.5, 0.6) is 0 Å². The van der Waals surface area contributed by atoms with Crippen molar-refractivity contribution in [3.63, 3.8) is 0 Å². The number of aromatic nitrogens is 1. The van der Waals surface area contributed by atoms with Crippen LogP contribution in [-0.2, 0) is 0 Å². The van der Waals surface area contributed by atoms with Crippen LogP contribution in [0, 0.1) is 0 Å². The van der Waals surface area contributed by atoms with E-state index in [4.69, 9.17) is 0 Å². The number of hydrogen-bond donors (Lipinski definition) is 1. The molecule has 0 radical (unpaired) electrons. The Morgan fingerprint density at radius 3 is 2.42 bits per heavy atom. The number of carbonyl (C=O) groups excluding carboxylic acids is 1. The highest BCUT2D eigenvalue weighted by Crippen LogP contribution is 2.25. The van der Waals surface area contributed by atoms with Gasteiger partial charge in [-0.25, -0.2) is 9.78 Å². The van der Waals surface area contributed by atoms with Gasteiger partial charge in [0.15, 0.2) is 5.13 Å². The van der Waals surface area contributed by atoms with Gasteiger partial charge >= 0.3 is 6.03 Å². The van der Waals surface area contributed by atoms with Gasteiger partial charge in [0.25, 0.3) is 0 Å². The number of nitrogens with one attached hydrogen (secondary N) is 1. The van der Waals surface area contributed by atoms with Crippen molar-refractivity contribution in [2.24, 2.45) is 0 Å². The quantitative estimate of drug-likeness (QED) is 0.776. The van der Waals surface area contributed by atoms with Crippen LogP contribution < -0.4 is 10.2 Å². The number of anilines is 1. The van der Waals surface area contributed by atoms with Gasteiger partial charge in [-0.3, -0.25) is 0 Å². The number of benzene rings is 1. The van der Waals surface area contributed by atoms with Gasteiger partial charge in [0.2, 0.25) is 0 Å². The highest BCUT2D eigenvalue weighted by molar-refractivity contribution is 7.99. The van der Waals surface area contributed by atoms with Gasteiger partial charge in [0, 0.05) is 47.9 Å². The third-order valence-electron chi connectivity index (χ3n) is 4.35. The fourth-order valence-electron chi connectivity index (χ4n) is 2.94. The molecule has 0 aliphatic carbocycles. The molecule has 1 unspecified atom stereocenters. The highest BCUT2D eigenvalue weighted by Gasteiger charge is 2.23. The van der Waals surface area contributed by atoms with Crippen molar-refractivity contribution in [3.8, 4) is 0 Å². The lowest BCUT2D eigenvalue weighted by Crippen LogP contribution is -2.52. The summed E-state index contributed by atoms with van der Waals surface area (Å²) in [6, 6.07) is 8.49. The van der Waals surface area contributed by atoms with Crippen LogP contribution in [0.15, 0.2) is 40.7 Å². The average Bonchev–Trinajstić information content (AvgIpc) is 3.16. The molecule has 2 aromatic rings. The second kappa shape index (κ2) is 8.77. The van der Waals surface area contributed by atoms with Crippen LogP contribution in [0.2, 0.25) is 0 Å². The van der Waals surface area contributed by atoms with Crippen molar-refractivity contribution in [2.75, 3.05) is 31.1 Å². The van der Waals surface area contributed by atoms with Crippen molar-refractivity contribution in [2.45, 2.75) is 37.0 Å². The Bertz CT molecular complexity index is 695. The molecule has 7 heteroatoms. The van der Waals surface area contributed by atoms with Crippen molar-refractivity contribution in [1.82, 2.24) is 15.2 Å². The Balaban J connectivity index is 1.50. The monoisotopic (exact) mass is 390 g/mol. The summed E-state index contributed by atoms with van der Waals surface area (Å²) >= 11 is 3.50. The summed E-state index contributed by atoms with van der Waals surface area (Å²) < 4.78 is 0. The first kappa shape index (κ1) is 19.0. The van der Waals surface area contributed by atoms with Crippen LogP contribution >= 0.6 is 23.1 Å². The van der Waals surface area contributed by atoms with Crippen molar-refractivity contribution < 1.29 is 4.79 Å². The molecule has 1 N–H and O–H groups in total. The summed E-state index contributed by atoms with van der Waals surface area (Å²) in [7, 11) is 0. The number of amides is 2. The molecule has 2 heterocycles. The Morgan fingerprint density at radius 1 is 1.15 bits per heavy atom. The number of carbonyl (C=O) groups is 1. The van der Waals surface area contributed by atoms with Gasteiger partial charge in [-0.15, -0.1) is 23.1 Å². The molecule has 1 aliphatic rings. The maximum Gasteiger partial charge on any atom is 0.317 e. The fraction of sp³-hybridized carbons (Fsp3) is 0.474. The minimum Gasteiger partial charge on any atom is -0.345 e. The Kier molecular flexibility index (Phi) is 6.43. The zero-order chi connectivity index (χ0) is 18.5. The van der Waals surface area contributed by atoms with E-state index >= 15 is 0 Å². The molecule has 1 aliphatic heterocycles. The third kappa shape index (κ3) is 4.92. The van der Waals surface area contributed by atoms with E-state index in [0.29, 0.717) is 5.25 Å². The predicted molar refractivity (Wildman–Crippen MR) is 110 cm³/mol. The predicted octanol–water partition coefficient (Wildman–Crippen LogP) is 4.24. The van der Waals surface area contributed by atoms with Crippen molar-refractivity contribution in [1.29, 1.82) is 0 Å². The second-order valence-corrected chi connectivity index (χ2v) is 9.22. The number of urea groups is 1. The summed E-state index contributed by atoms with van der Waals surface area (Å²) in [5.74, 6) is 0. The van der Waals surface area contributed by atoms with E-state index < -0.39 is 0 Å². The zero-order valence-corrected chi connectivity index (χ0v) is 17.1. The molecule has 1 fully saturated rings. The first-order valence-electron chi connectivity index (χ1n) is 8.99. The molecule has 1 saturated heterocycles. The fourth-order valence-corrected chi connectivity index (χ4v) is 4.47. The number of thiazole rings is 1. The summed E-state index contributed by atoms with van der Waals surface area (Å²) in [6.07, 6.45) is 1.83. The normalized spacial score (nSPS) is 16.0. The maximum atomic E-state index is 12.6. The summed E-state index contributed by atoms with van der Waals surface area (Å²) in [6.45, 7) is 9.52. The van der Waals surface area contributed by atoms with Gasteiger partial charge in [0.05, 0.1) is 6.04 Å². The van der Waals surface area contributed by atoms with Crippen LogP contribution in [-0.4, -0.2) is 47.3 Å². The second-order valence-electron chi connectivity index (χ2n) is 6.70. The van der Waals surface area contributed by atoms with Crippen molar-refractivity contribution >= 4 is 34.3 Å². The molecule has 26 heavy (non-hydrogen) atoms. The van der Waals surface area contributed by atoms with E-state index in [1.807, 2.05) is 35.2 Å². The number of thioether (sulfide) groups is 1. The number of rotatable bonds is 5. The van der Waals surface area contributed by atoms with Crippen LogP contribution in [0.25, 0.3) is 0 Å². The smallest absolute Gasteiger partial charge is 0.317 e. The van der Waals surface area contributed by atoms with Gasteiger partial charge in [0.1, 0.15) is 0 Å². The lowest BCUT2D eigenvalue weighted by molar-refractivity contribution is 0.191. The third-order valence-corrected chi connectivity index (χ3v) is 6.20. The SMILES string of the molecule is CC(C)Sc1ccc(C(C)NC(=O)N2CCN(c3nccs3)CC2)cc1. The van der Waals surface area contributed by atoms with E-state index in [1.165, 1.54) is 4.90 Å². The largest absolute Gasteiger partial charge is 0.345 e. The molecule has 1 aromatic heterocycles. The van der Waals surface area contributed by atoms with E-state index in [2.05, 4.69) is 53.3 Å². The lowest BCUT2D eigenvalue weighted by atomic mass is 10.1. The summed E-state index contributed by atoms with van der Waals surface area (Å²) in [5.41, 5.74) is 1.13. The first-order chi connectivity index (χ1) is 12.5. The first-order valence-corrected chi connectivity index (χ1v) is 10.8.